The van der Waals surface area contributed by atoms with E-state index in [1.807, 2.05) is 50.2 Å². The molecule has 4 rings (SSSR count). The van der Waals surface area contributed by atoms with Gasteiger partial charge in [0.25, 0.3) is 0 Å². The second-order valence-corrected chi connectivity index (χ2v) is 5.47. The molecule has 0 saturated carbocycles. The van der Waals surface area contributed by atoms with Gasteiger partial charge in [0.2, 0.25) is 0 Å². The Morgan fingerprint density at radius 1 is 0.870 bits per heavy atom. The molecule has 112 valence electrons. The number of hydrogen-bond acceptors (Lipinski definition) is 4. The Labute approximate surface area is 133 Å². The van der Waals surface area contributed by atoms with Crippen molar-refractivity contribution >= 4 is 11.0 Å². The molecule has 5 nitrogen and oxygen atoms in total. The Hall–Kier alpha value is -3.08. The molecule has 3 heterocycles. The van der Waals surface area contributed by atoms with Crippen LogP contribution >= 0.6 is 0 Å². The molecule has 0 radical (unpaired) electrons. The number of fused-ring (bicyclic) bond motifs is 1. The van der Waals surface area contributed by atoms with Crippen LogP contribution in [-0.2, 0) is 0 Å². The van der Waals surface area contributed by atoms with Crippen molar-refractivity contribution in [2.24, 2.45) is 0 Å². The predicted molar refractivity (Wildman–Crippen MR) is 89.8 cm³/mol. The lowest BCUT2D eigenvalue weighted by Crippen LogP contribution is -1.90. The van der Waals surface area contributed by atoms with E-state index in [-0.39, 0.29) is 0 Å². The summed E-state index contributed by atoms with van der Waals surface area (Å²) in [6.45, 7) is 3.93. The predicted octanol–water partition coefficient (Wildman–Crippen LogP) is 3.70. The SMILES string of the molecule is Cc1cccc(-c2nc(C)[nH]c2-c2ccc3nccnc3c2)n1. The van der Waals surface area contributed by atoms with E-state index >= 15 is 0 Å². The van der Waals surface area contributed by atoms with Crippen molar-refractivity contribution in [2.45, 2.75) is 13.8 Å². The zero-order valence-electron chi connectivity index (χ0n) is 12.9. The first-order valence-electron chi connectivity index (χ1n) is 7.42. The van der Waals surface area contributed by atoms with Gasteiger partial charge in [-0.3, -0.25) is 15.0 Å². The van der Waals surface area contributed by atoms with Crippen molar-refractivity contribution in [3.63, 3.8) is 0 Å². The fraction of sp³-hybridized carbons (Fsp3) is 0.111. The second-order valence-electron chi connectivity index (χ2n) is 5.47. The summed E-state index contributed by atoms with van der Waals surface area (Å²) in [6.07, 6.45) is 3.40. The number of aromatic amines is 1. The van der Waals surface area contributed by atoms with E-state index in [9.17, 15) is 0 Å². The Balaban J connectivity index is 1.91. The molecule has 0 saturated heterocycles. The number of rotatable bonds is 2. The molecule has 1 aromatic carbocycles. The highest BCUT2D eigenvalue weighted by molar-refractivity contribution is 5.84. The molecule has 0 atom stereocenters. The topological polar surface area (TPSA) is 67.3 Å². The maximum absolute atomic E-state index is 4.62. The summed E-state index contributed by atoms with van der Waals surface area (Å²) in [5.41, 5.74) is 6.41. The molecule has 0 spiro atoms. The highest BCUT2D eigenvalue weighted by atomic mass is 14.9. The zero-order chi connectivity index (χ0) is 15.8. The van der Waals surface area contributed by atoms with Crippen LogP contribution in [0.5, 0.6) is 0 Å². The van der Waals surface area contributed by atoms with Crippen LogP contribution in [0, 0.1) is 13.8 Å². The van der Waals surface area contributed by atoms with Gasteiger partial charge in [-0.25, -0.2) is 4.98 Å². The molecule has 0 fully saturated rings. The summed E-state index contributed by atoms with van der Waals surface area (Å²) in [5.74, 6) is 0.859. The van der Waals surface area contributed by atoms with Gasteiger partial charge in [0, 0.05) is 23.7 Å². The average Bonchev–Trinajstić information content (AvgIpc) is 2.96. The van der Waals surface area contributed by atoms with Gasteiger partial charge < -0.3 is 4.98 Å². The maximum Gasteiger partial charge on any atom is 0.115 e. The monoisotopic (exact) mass is 301 g/mol. The van der Waals surface area contributed by atoms with Crippen molar-refractivity contribution in [1.29, 1.82) is 0 Å². The maximum atomic E-state index is 4.62. The van der Waals surface area contributed by atoms with Crippen LogP contribution in [0.25, 0.3) is 33.7 Å². The largest absolute Gasteiger partial charge is 0.342 e. The molecular weight excluding hydrogens is 286 g/mol. The third kappa shape index (κ3) is 2.46. The molecule has 0 bridgehead atoms. The minimum Gasteiger partial charge on any atom is -0.342 e. The molecular formula is C18H15N5. The zero-order valence-corrected chi connectivity index (χ0v) is 12.9. The molecule has 3 aromatic heterocycles. The minimum absolute atomic E-state index is 0.856. The fourth-order valence-electron chi connectivity index (χ4n) is 2.68. The van der Waals surface area contributed by atoms with E-state index < -0.39 is 0 Å². The van der Waals surface area contributed by atoms with E-state index in [0.717, 1.165) is 45.2 Å². The summed E-state index contributed by atoms with van der Waals surface area (Å²) in [7, 11) is 0. The Bertz CT molecular complexity index is 1000. The Kier molecular flexibility index (Phi) is 3.12. The number of nitrogens with one attached hydrogen (secondary N) is 1. The van der Waals surface area contributed by atoms with Crippen LogP contribution in [0.2, 0.25) is 0 Å². The van der Waals surface area contributed by atoms with E-state index in [1.165, 1.54) is 0 Å². The van der Waals surface area contributed by atoms with E-state index in [4.69, 9.17) is 0 Å². The number of imidazole rings is 1. The smallest absolute Gasteiger partial charge is 0.115 e. The third-order valence-electron chi connectivity index (χ3n) is 3.71. The van der Waals surface area contributed by atoms with Gasteiger partial charge in [0.15, 0.2) is 0 Å². The lowest BCUT2D eigenvalue weighted by molar-refractivity contribution is 1.14. The molecule has 0 aliphatic heterocycles. The van der Waals surface area contributed by atoms with Gasteiger partial charge in [0.1, 0.15) is 11.5 Å². The number of hydrogen-bond donors (Lipinski definition) is 1. The number of aromatic nitrogens is 5. The first-order chi connectivity index (χ1) is 11.2. The Morgan fingerprint density at radius 3 is 2.52 bits per heavy atom. The minimum atomic E-state index is 0.856. The molecule has 0 unspecified atom stereocenters. The number of pyridine rings is 1. The van der Waals surface area contributed by atoms with E-state index in [0.29, 0.717) is 0 Å². The third-order valence-corrected chi connectivity index (χ3v) is 3.71. The van der Waals surface area contributed by atoms with Crippen LogP contribution in [0.15, 0.2) is 48.8 Å². The van der Waals surface area contributed by atoms with Gasteiger partial charge in [-0.05, 0) is 38.1 Å². The van der Waals surface area contributed by atoms with Crippen LogP contribution in [0.1, 0.15) is 11.5 Å². The number of nitrogens with zero attached hydrogens (tertiary/aromatic N) is 4. The van der Waals surface area contributed by atoms with Crippen LogP contribution < -0.4 is 0 Å². The molecule has 1 N–H and O–H groups in total. The molecule has 0 amide bonds. The second kappa shape index (κ2) is 5.28. The highest BCUT2D eigenvalue weighted by Gasteiger charge is 2.14. The molecule has 0 aliphatic rings. The summed E-state index contributed by atoms with van der Waals surface area (Å²) in [6, 6.07) is 12.0. The van der Waals surface area contributed by atoms with Gasteiger partial charge in [-0.15, -0.1) is 0 Å². The lowest BCUT2D eigenvalue weighted by Gasteiger charge is -2.04. The lowest BCUT2D eigenvalue weighted by atomic mass is 10.1. The first kappa shape index (κ1) is 13.6. The Morgan fingerprint density at radius 2 is 1.70 bits per heavy atom. The molecule has 4 aromatic rings. The van der Waals surface area contributed by atoms with Crippen LogP contribution in [0.4, 0.5) is 0 Å². The summed E-state index contributed by atoms with van der Waals surface area (Å²) < 4.78 is 0. The summed E-state index contributed by atoms with van der Waals surface area (Å²) >= 11 is 0. The van der Waals surface area contributed by atoms with Gasteiger partial charge in [-0.1, -0.05) is 12.1 Å². The number of aryl methyl sites for hydroxylation is 2. The normalized spacial score (nSPS) is 11.0. The fourth-order valence-corrected chi connectivity index (χ4v) is 2.68. The van der Waals surface area contributed by atoms with E-state index in [1.54, 1.807) is 12.4 Å². The quantitative estimate of drug-likeness (QED) is 0.613. The average molecular weight is 301 g/mol. The van der Waals surface area contributed by atoms with Crippen molar-refractivity contribution in [2.75, 3.05) is 0 Å². The van der Waals surface area contributed by atoms with Gasteiger partial charge >= 0.3 is 0 Å². The first-order valence-corrected chi connectivity index (χ1v) is 7.42. The molecule has 0 aliphatic carbocycles. The number of benzene rings is 1. The van der Waals surface area contributed by atoms with Crippen molar-refractivity contribution in [3.8, 4) is 22.6 Å². The van der Waals surface area contributed by atoms with Crippen LogP contribution in [-0.4, -0.2) is 24.9 Å². The van der Waals surface area contributed by atoms with Crippen molar-refractivity contribution in [3.05, 3.63) is 60.3 Å². The molecule has 23 heavy (non-hydrogen) atoms. The van der Waals surface area contributed by atoms with Gasteiger partial charge in [-0.2, -0.15) is 0 Å². The number of H-pyrrole nitrogens is 1. The molecule has 5 heteroatoms. The summed E-state index contributed by atoms with van der Waals surface area (Å²) in [4.78, 5) is 21.3. The standard InChI is InChI=1S/C18H15N5/c1-11-4-3-5-15(21-11)18-17(22-12(2)23-18)13-6-7-14-16(10-13)20-9-8-19-14/h3-10H,1-2H3,(H,22,23). The van der Waals surface area contributed by atoms with Gasteiger partial charge in [0.05, 0.1) is 22.4 Å². The summed E-state index contributed by atoms with van der Waals surface area (Å²) in [5, 5.41) is 0. The van der Waals surface area contributed by atoms with E-state index in [2.05, 4.69) is 24.9 Å². The van der Waals surface area contributed by atoms with Crippen molar-refractivity contribution < 1.29 is 0 Å². The van der Waals surface area contributed by atoms with Crippen molar-refractivity contribution in [1.82, 2.24) is 24.9 Å². The highest BCUT2D eigenvalue weighted by Crippen LogP contribution is 2.30. The van der Waals surface area contributed by atoms with Crippen LogP contribution in [0.3, 0.4) is 0 Å².